The fourth-order valence-electron chi connectivity index (χ4n) is 2.26. The zero-order valence-corrected chi connectivity index (χ0v) is 12.2. The molecule has 0 radical (unpaired) electrons. The van der Waals surface area contributed by atoms with Crippen molar-refractivity contribution in [3.05, 3.63) is 59.8 Å². The average molecular weight is 317 g/mol. The number of hydrogen-bond donors (Lipinski definition) is 1. The maximum absolute atomic E-state index is 13.7. The monoisotopic (exact) mass is 317 g/mol. The lowest BCUT2D eigenvalue weighted by atomic mass is 10.2. The predicted octanol–water partition coefficient (Wildman–Crippen LogP) is 4.42. The first-order valence-corrected chi connectivity index (χ1v) is 6.99. The lowest BCUT2D eigenvalue weighted by Crippen LogP contribution is -2.06. The minimum absolute atomic E-state index is 0.0310. The fraction of sp³-hybridized carbons (Fsp3) is 0.118. The zero-order chi connectivity index (χ0) is 16.4. The van der Waals surface area contributed by atoms with Crippen molar-refractivity contribution in [3.63, 3.8) is 0 Å². The van der Waals surface area contributed by atoms with Crippen LogP contribution in [-0.4, -0.2) is 17.6 Å². The molecule has 1 N–H and O–H groups in total. The molecule has 1 heterocycles. The number of H-pyrrole nitrogens is 1. The number of aromatic amines is 1. The molecule has 118 valence electrons. The van der Waals surface area contributed by atoms with Gasteiger partial charge in [-0.15, -0.1) is 0 Å². The number of halogens is 2. The molecule has 0 bridgehead atoms. The van der Waals surface area contributed by atoms with Gasteiger partial charge in [0.2, 0.25) is 0 Å². The van der Waals surface area contributed by atoms with E-state index in [1.807, 2.05) is 0 Å². The lowest BCUT2D eigenvalue weighted by molar-refractivity contribution is 0.0523. The molecule has 0 saturated carbocycles. The third-order valence-corrected chi connectivity index (χ3v) is 3.25. The molecule has 0 amide bonds. The van der Waals surface area contributed by atoms with Crippen molar-refractivity contribution < 1.29 is 23.0 Å². The standard InChI is InChI=1S/C17H13F2NO3/c1-2-22-17(21)13-4-3-10(18)8-16(13)23-15-9-11(19)7-14-12(15)5-6-20-14/h3-9,20H,2H2,1H3. The number of aromatic nitrogens is 1. The van der Waals surface area contributed by atoms with Gasteiger partial charge in [0.15, 0.2) is 0 Å². The van der Waals surface area contributed by atoms with Gasteiger partial charge in [0.1, 0.15) is 28.7 Å². The van der Waals surface area contributed by atoms with Crippen LogP contribution in [0.5, 0.6) is 11.5 Å². The Morgan fingerprint density at radius 2 is 1.87 bits per heavy atom. The lowest BCUT2D eigenvalue weighted by Gasteiger charge is -2.11. The second-order valence-electron chi connectivity index (χ2n) is 4.81. The largest absolute Gasteiger partial charge is 0.462 e. The fourth-order valence-corrected chi connectivity index (χ4v) is 2.26. The van der Waals surface area contributed by atoms with Crippen LogP contribution in [0.2, 0.25) is 0 Å². The first kappa shape index (κ1) is 15.0. The SMILES string of the molecule is CCOC(=O)c1ccc(F)cc1Oc1cc(F)cc2[nH]ccc12. The van der Waals surface area contributed by atoms with Gasteiger partial charge >= 0.3 is 5.97 Å². The highest BCUT2D eigenvalue weighted by molar-refractivity contribution is 5.93. The van der Waals surface area contributed by atoms with Crippen LogP contribution in [0, 0.1) is 11.6 Å². The van der Waals surface area contributed by atoms with Crippen LogP contribution in [0.4, 0.5) is 8.78 Å². The molecule has 6 heteroatoms. The third kappa shape index (κ3) is 3.01. The Hall–Kier alpha value is -2.89. The van der Waals surface area contributed by atoms with Gasteiger partial charge in [0.25, 0.3) is 0 Å². The number of esters is 1. The number of fused-ring (bicyclic) bond motifs is 1. The van der Waals surface area contributed by atoms with Crippen LogP contribution in [0.15, 0.2) is 42.6 Å². The molecule has 23 heavy (non-hydrogen) atoms. The van der Waals surface area contributed by atoms with E-state index in [1.165, 1.54) is 18.2 Å². The number of nitrogens with one attached hydrogen (secondary N) is 1. The van der Waals surface area contributed by atoms with E-state index in [-0.39, 0.29) is 23.7 Å². The van der Waals surface area contributed by atoms with E-state index in [0.717, 1.165) is 12.1 Å². The highest BCUT2D eigenvalue weighted by Gasteiger charge is 2.17. The summed E-state index contributed by atoms with van der Waals surface area (Å²) in [6.07, 6.45) is 1.63. The summed E-state index contributed by atoms with van der Waals surface area (Å²) in [5, 5.41) is 0.616. The predicted molar refractivity (Wildman–Crippen MR) is 80.7 cm³/mol. The smallest absolute Gasteiger partial charge is 0.341 e. The number of benzene rings is 2. The summed E-state index contributed by atoms with van der Waals surface area (Å²) in [5.41, 5.74) is 0.607. The van der Waals surface area contributed by atoms with Crippen LogP contribution in [0.25, 0.3) is 10.9 Å². The molecule has 0 spiro atoms. The zero-order valence-electron chi connectivity index (χ0n) is 12.2. The molecule has 0 saturated heterocycles. The first-order valence-electron chi connectivity index (χ1n) is 6.99. The van der Waals surface area contributed by atoms with Gasteiger partial charge in [0, 0.05) is 23.7 Å². The van der Waals surface area contributed by atoms with Crippen LogP contribution >= 0.6 is 0 Å². The molecular formula is C17H13F2NO3. The van der Waals surface area contributed by atoms with Crippen LogP contribution in [0.1, 0.15) is 17.3 Å². The summed E-state index contributed by atoms with van der Waals surface area (Å²) < 4.78 is 37.7. The minimum Gasteiger partial charge on any atom is -0.462 e. The number of hydrogen-bond acceptors (Lipinski definition) is 3. The van der Waals surface area contributed by atoms with Gasteiger partial charge in [-0.25, -0.2) is 13.6 Å². The van der Waals surface area contributed by atoms with Crippen LogP contribution in [0.3, 0.4) is 0 Å². The second kappa shape index (κ2) is 6.08. The van der Waals surface area contributed by atoms with Crippen molar-refractivity contribution in [2.24, 2.45) is 0 Å². The molecule has 0 aliphatic heterocycles. The summed E-state index contributed by atoms with van der Waals surface area (Å²) in [7, 11) is 0. The Morgan fingerprint density at radius 1 is 1.09 bits per heavy atom. The summed E-state index contributed by atoms with van der Waals surface area (Å²) in [6.45, 7) is 1.84. The minimum atomic E-state index is -0.635. The first-order chi connectivity index (χ1) is 11.1. The summed E-state index contributed by atoms with van der Waals surface area (Å²) in [5.74, 6) is -1.57. The second-order valence-corrected chi connectivity index (χ2v) is 4.81. The van der Waals surface area contributed by atoms with Crippen molar-refractivity contribution in [2.75, 3.05) is 6.61 Å². The van der Waals surface area contributed by atoms with Gasteiger partial charge in [-0.05, 0) is 31.2 Å². The van der Waals surface area contributed by atoms with E-state index < -0.39 is 17.6 Å². The third-order valence-electron chi connectivity index (χ3n) is 3.25. The molecular weight excluding hydrogens is 304 g/mol. The molecule has 0 atom stereocenters. The van der Waals surface area contributed by atoms with E-state index in [2.05, 4.69) is 4.98 Å². The normalized spacial score (nSPS) is 10.7. The molecule has 2 aromatic carbocycles. The Morgan fingerprint density at radius 3 is 2.65 bits per heavy atom. The van der Waals surface area contributed by atoms with Crippen LogP contribution in [-0.2, 0) is 4.74 Å². The number of rotatable bonds is 4. The van der Waals surface area contributed by atoms with Gasteiger partial charge in [0.05, 0.1) is 12.1 Å². The summed E-state index contributed by atoms with van der Waals surface area (Å²) >= 11 is 0. The molecule has 4 nitrogen and oxygen atoms in total. The molecule has 0 unspecified atom stereocenters. The molecule has 3 rings (SSSR count). The maximum Gasteiger partial charge on any atom is 0.341 e. The number of ether oxygens (including phenoxy) is 2. The van der Waals surface area contributed by atoms with E-state index in [4.69, 9.17) is 9.47 Å². The van der Waals surface area contributed by atoms with Gasteiger partial charge in [-0.2, -0.15) is 0 Å². The van der Waals surface area contributed by atoms with Gasteiger partial charge in [-0.3, -0.25) is 0 Å². The van der Waals surface area contributed by atoms with E-state index in [0.29, 0.717) is 10.9 Å². The summed E-state index contributed by atoms with van der Waals surface area (Å²) in [6, 6.07) is 7.67. The van der Waals surface area contributed by atoms with Crippen molar-refractivity contribution in [3.8, 4) is 11.5 Å². The van der Waals surface area contributed by atoms with E-state index >= 15 is 0 Å². The maximum atomic E-state index is 13.7. The topological polar surface area (TPSA) is 51.3 Å². The van der Waals surface area contributed by atoms with Crippen LogP contribution < -0.4 is 4.74 Å². The highest BCUT2D eigenvalue weighted by atomic mass is 19.1. The molecule has 3 aromatic rings. The van der Waals surface area contributed by atoms with Crippen molar-refractivity contribution in [1.29, 1.82) is 0 Å². The van der Waals surface area contributed by atoms with Crippen molar-refractivity contribution >= 4 is 16.9 Å². The molecule has 0 aliphatic carbocycles. The molecule has 0 aliphatic rings. The van der Waals surface area contributed by atoms with Crippen molar-refractivity contribution in [1.82, 2.24) is 4.98 Å². The molecule has 1 aromatic heterocycles. The average Bonchev–Trinajstić information content (AvgIpc) is 2.96. The Kier molecular flexibility index (Phi) is 3.97. The number of carbonyl (C=O) groups is 1. The highest BCUT2D eigenvalue weighted by Crippen LogP contribution is 2.33. The van der Waals surface area contributed by atoms with E-state index in [9.17, 15) is 13.6 Å². The Balaban J connectivity index is 2.06. The number of carbonyl (C=O) groups excluding carboxylic acids is 1. The quantitative estimate of drug-likeness (QED) is 0.725. The van der Waals surface area contributed by atoms with Gasteiger partial charge < -0.3 is 14.5 Å². The van der Waals surface area contributed by atoms with E-state index in [1.54, 1.807) is 19.2 Å². The summed E-state index contributed by atoms with van der Waals surface area (Å²) in [4.78, 5) is 14.8. The Bertz CT molecular complexity index is 873. The van der Waals surface area contributed by atoms with Gasteiger partial charge in [-0.1, -0.05) is 0 Å². The Labute approximate surface area is 130 Å². The molecule has 0 fully saturated rings. The van der Waals surface area contributed by atoms with Crippen molar-refractivity contribution in [2.45, 2.75) is 6.92 Å².